The average molecular weight is 469 g/mol. The molecular formula is C25H30F2N6O. The van der Waals surface area contributed by atoms with E-state index < -0.39 is 5.92 Å². The van der Waals surface area contributed by atoms with Crippen molar-refractivity contribution in [1.82, 2.24) is 24.9 Å². The van der Waals surface area contributed by atoms with Crippen LogP contribution in [0, 0.1) is 26.2 Å². The zero-order chi connectivity index (χ0) is 23.9. The maximum absolute atomic E-state index is 13.4. The van der Waals surface area contributed by atoms with E-state index in [2.05, 4.69) is 19.9 Å². The van der Waals surface area contributed by atoms with Crippen LogP contribution < -0.4 is 4.90 Å². The number of ether oxygens (including phenoxy) is 1. The fraction of sp³-hybridized carbons (Fsp3) is 0.560. The number of fused-ring (bicyclic) bond motifs is 1. The van der Waals surface area contributed by atoms with Gasteiger partial charge in [0.25, 0.3) is 0 Å². The first-order valence-electron chi connectivity index (χ1n) is 11.8. The summed E-state index contributed by atoms with van der Waals surface area (Å²) in [4.78, 5) is 24.9. The van der Waals surface area contributed by atoms with Gasteiger partial charge in [-0.2, -0.15) is 4.98 Å². The van der Waals surface area contributed by atoms with Gasteiger partial charge in [0.1, 0.15) is 5.52 Å². The number of alkyl halides is 2. The van der Waals surface area contributed by atoms with E-state index in [4.69, 9.17) is 14.7 Å². The second kappa shape index (κ2) is 8.76. The minimum atomic E-state index is -2.48. The van der Waals surface area contributed by atoms with E-state index >= 15 is 0 Å². The summed E-state index contributed by atoms with van der Waals surface area (Å²) in [5.74, 6) is -1.67. The number of pyridine rings is 1. The van der Waals surface area contributed by atoms with Crippen LogP contribution in [-0.2, 0) is 4.74 Å². The van der Waals surface area contributed by atoms with Gasteiger partial charge in [-0.05, 0) is 51.2 Å². The van der Waals surface area contributed by atoms with Crippen LogP contribution in [0.25, 0.3) is 11.2 Å². The lowest BCUT2D eigenvalue weighted by Gasteiger charge is -2.57. The summed E-state index contributed by atoms with van der Waals surface area (Å²) < 4.78 is 32.2. The lowest BCUT2D eigenvalue weighted by atomic mass is 9.49. The van der Waals surface area contributed by atoms with Crippen molar-refractivity contribution in [3.05, 3.63) is 47.2 Å². The molecule has 0 atom stereocenters. The van der Waals surface area contributed by atoms with E-state index in [1.54, 1.807) is 6.20 Å². The Kier molecular flexibility index (Phi) is 5.91. The maximum Gasteiger partial charge on any atom is 0.249 e. The number of rotatable bonds is 2. The third-order valence-electron chi connectivity index (χ3n) is 7.08. The van der Waals surface area contributed by atoms with E-state index in [9.17, 15) is 8.78 Å². The molecule has 3 aliphatic rings. The summed E-state index contributed by atoms with van der Waals surface area (Å²) in [5.41, 5.74) is 4.78. The SMILES string of the molecule is Cc1ccccn1.Cc1nc2nc(N3CCOCC3)nc(C3CC4(C3)CC(F)(F)C4)c2nc1C. The van der Waals surface area contributed by atoms with E-state index in [-0.39, 0.29) is 24.2 Å². The van der Waals surface area contributed by atoms with Gasteiger partial charge in [-0.15, -0.1) is 0 Å². The minimum Gasteiger partial charge on any atom is -0.378 e. The van der Waals surface area contributed by atoms with Crippen LogP contribution in [0.15, 0.2) is 24.4 Å². The Bertz CT molecular complexity index is 1170. The Labute approximate surface area is 198 Å². The number of hydrogen-bond acceptors (Lipinski definition) is 7. The summed E-state index contributed by atoms with van der Waals surface area (Å²) >= 11 is 0. The number of anilines is 1. The van der Waals surface area contributed by atoms with Crippen LogP contribution in [0.3, 0.4) is 0 Å². The van der Waals surface area contributed by atoms with Crippen LogP contribution in [0.5, 0.6) is 0 Å². The molecular weight excluding hydrogens is 438 g/mol. The van der Waals surface area contributed by atoms with Crippen LogP contribution in [0.4, 0.5) is 14.7 Å². The molecule has 1 aliphatic heterocycles. The zero-order valence-electron chi connectivity index (χ0n) is 19.9. The van der Waals surface area contributed by atoms with Crippen molar-refractivity contribution in [3.8, 4) is 0 Å². The normalized spacial score (nSPS) is 20.9. The quantitative estimate of drug-likeness (QED) is 0.546. The Morgan fingerprint density at radius 2 is 1.65 bits per heavy atom. The molecule has 0 N–H and O–H groups in total. The molecule has 3 aromatic rings. The predicted molar refractivity (Wildman–Crippen MR) is 125 cm³/mol. The standard InChI is InChI=1S/C19H23F2N5O.C6H7N/c1-11-12(2)23-16-15(22-11)14(13-7-18(8-13)9-19(20,21)10-18)24-17(25-16)26-3-5-27-6-4-26;1-6-4-2-3-5-7-6/h13H,3-10H2,1-2H3;2-5H,1H3. The first kappa shape index (κ1) is 23.0. The van der Waals surface area contributed by atoms with Gasteiger partial charge in [-0.1, -0.05) is 6.07 Å². The van der Waals surface area contributed by atoms with Gasteiger partial charge >= 0.3 is 0 Å². The van der Waals surface area contributed by atoms with Gasteiger partial charge in [0.05, 0.1) is 30.3 Å². The molecule has 2 aliphatic carbocycles. The molecule has 2 saturated carbocycles. The molecule has 0 bridgehead atoms. The van der Waals surface area contributed by atoms with Crippen molar-refractivity contribution in [1.29, 1.82) is 0 Å². The van der Waals surface area contributed by atoms with E-state index in [1.807, 2.05) is 39.0 Å². The maximum atomic E-state index is 13.4. The molecule has 34 heavy (non-hydrogen) atoms. The molecule has 0 amide bonds. The van der Waals surface area contributed by atoms with Gasteiger partial charge < -0.3 is 9.64 Å². The highest BCUT2D eigenvalue weighted by atomic mass is 19.3. The van der Waals surface area contributed by atoms with Crippen molar-refractivity contribution in [2.45, 2.75) is 58.3 Å². The monoisotopic (exact) mass is 468 g/mol. The van der Waals surface area contributed by atoms with Crippen molar-refractivity contribution in [2.75, 3.05) is 31.2 Å². The van der Waals surface area contributed by atoms with Gasteiger partial charge in [-0.25, -0.2) is 23.7 Å². The largest absolute Gasteiger partial charge is 0.378 e. The van der Waals surface area contributed by atoms with Crippen molar-refractivity contribution < 1.29 is 13.5 Å². The molecule has 3 fully saturated rings. The molecule has 180 valence electrons. The second-order valence-corrected chi connectivity index (χ2v) is 9.86. The minimum absolute atomic E-state index is 0.0135. The molecule has 7 nitrogen and oxygen atoms in total. The van der Waals surface area contributed by atoms with Gasteiger partial charge in [0.2, 0.25) is 11.9 Å². The van der Waals surface area contributed by atoms with Gasteiger partial charge in [0.15, 0.2) is 5.65 Å². The van der Waals surface area contributed by atoms with Crippen molar-refractivity contribution >= 4 is 17.1 Å². The summed E-state index contributed by atoms with van der Waals surface area (Å²) in [6, 6.07) is 5.86. The second-order valence-electron chi connectivity index (χ2n) is 9.86. The van der Waals surface area contributed by atoms with Crippen molar-refractivity contribution in [2.24, 2.45) is 5.41 Å². The Morgan fingerprint density at radius 1 is 0.941 bits per heavy atom. The summed E-state index contributed by atoms with van der Waals surface area (Å²) in [6.45, 7) is 8.60. The molecule has 9 heteroatoms. The highest BCUT2D eigenvalue weighted by Crippen LogP contribution is 2.67. The molecule has 6 rings (SSSR count). The number of halogens is 2. The number of nitrogens with zero attached hydrogens (tertiary/aromatic N) is 6. The van der Waals surface area contributed by atoms with Gasteiger partial charge in [0, 0.05) is 43.7 Å². The van der Waals surface area contributed by atoms with E-state index in [1.165, 1.54) is 0 Å². The Balaban J connectivity index is 0.000000297. The summed E-state index contributed by atoms with van der Waals surface area (Å²) in [5, 5.41) is 0. The third kappa shape index (κ3) is 4.58. The lowest BCUT2D eigenvalue weighted by molar-refractivity contribution is -0.196. The van der Waals surface area contributed by atoms with E-state index in [0.29, 0.717) is 24.8 Å². The van der Waals surface area contributed by atoms with Crippen LogP contribution in [0.1, 0.15) is 54.4 Å². The van der Waals surface area contributed by atoms with Crippen LogP contribution in [0.2, 0.25) is 0 Å². The first-order chi connectivity index (χ1) is 16.2. The van der Waals surface area contributed by atoms with Crippen LogP contribution >= 0.6 is 0 Å². The predicted octanol–water partition coefficient (Wildman–Crippen LogP) is 4.56. The number of hydrogen-bond donors (Lipinski definition) is 0. The molecule has 0 aromatic carbocycles. The number of aromatic nitrogens is 5. The first-order valence-corrected chi connectivity index (χ1v) is 11.8. The Hall–Kier alpha value is -2.81. The molecule has 1 saturated heterocycles. The van der Waals surface area contributed by atoms with Crippen LogP contribution in [-0.4, -0.2) is 57.1 Å². The number of morpholine rings is 1. The summed E-state index contributed by atoms with van der Waals surface area (Å²) in [6.07, 6.45) is 3.33. The third-order valence-corrected chi connectivity index (χ3v) is 7.08. The van der Waals surface area contributed by atoms with E-state index in [0.717, 1.165) is 54.2 Å². The molecule has 0 unspecified atom stereocenters. The Morgan fingerprint density at radius 3 is 2.24 bits per heavy atom. The fourth-order valence-electron chi connectivity index (χ4n) is 5.27. The fourth-order valence-corrected chi connectivity index (χ4v) is 5.27. The number of aryl methyl sites for hydroxylation is 3. The average Bonchev–Trinajstić information content (AvgIpc) is 2.77. The van der Waals surface area contributed by atoms with Gasteiger partial charge in [-0.3, -0.25) is 4.98 Å². The molecule has 4 heterocycles. The smallest absolute Gasteiger partial charge is 0.249 e. The lowest BCUT2D eigenvalue weighted by Crippen LogP contribution is -2.53. The highest BCUT2D eigenvalue weighted by Gasteiger charge is 2.62. The highest BCUT2D eigenvalue weighted by molar-refractivity contribution is 5.75. The topological polar surface area (TPSA) is 76.9 Å². The molecule has 3 aromatic heterocycles. The molecule has 1 spiro atoms. The summed E-state index contributed by atoms with van der Waals surface area (Å²) in [7, 11) is 0. The zero-order valence-corrected chi connectivity index (χ0v) is 19.9. The van der Waals surface area contributed by atoms with Crippen molar-refractivity contribution in [3.63, 3.8) is 0 Å². The molecule has 0 radical (unpaired) electrons.